The van der Waals surface area contributed by atoms with Crippen molar-refractivity contribution in [1.82, 2.24) is 14.8 Å². The summed E-state index contributed by atoms with van der Waals surface area (Å²) < 4.78 is 0. The maximum atomic E-state index is 11.8. The number of anilines is 1. The molecular formula is C15H25N5O. The van der Waals surface area contributed by atoms with Gasteiger partial charge in [0.05, 0.1) is 5.56 Å². The number of carbonyl (C=O) groups excluding carboxylic acids is 1. The maximum absolute atomic E-state index is 11.8. The molecule has 0 aromatic carbocycles. The molecule has 1 atom stereocenters. The monoisotopic (exact) mass is 291 g/mol. The van der Waals surface area contributed by atoms with Crippen LogP contribution in [-0.4, -0.2) is 73.6 Å². The standard InChI is InChI=1S/C15H25N5O/c1-12(10-16)19-6-8-20(9-7-19)14-5-4-13(11-17-14)15(21)18(2)3/h4-5,11-12H,6-10,16H2,1-3H3. The first-order valence-corrected chi connectivity index (χ1v) is 7.39. The molecule has 0 aliphatic carbocycles. The van der Waals surface area contributed by atoms with Gasteiger partial charge in [-0.1, -0.05) is 0 Å². The number of carbonyl (C=O) groups is 1. The Labute approximate surface area is 126 Å². The number of hydrogen-bond acceptors (Lipinski definition) is 5. The highest BCUT2D eigenvalue weighted by molar-refractivity contribution is 5.93. The van der Waals surface area contributed by atoms with Crippen molar-refractivity contribution in [2.75, 3.05) is 51.7 Å². The molecule has 0 spiro atoms. The number of rotatable bonds is 4. The van der Waals surface area contributed by atoms with Gasteiger partial charge in [0, 0.05) is 59.1 Å². The molecule has 2 heterocycles. The summed E-state index contributed by atoms with van der Waals surface area (Å²) in [5, 5.41) is 0. The van der Waals surface area contributed by atoms with Gasteiger partial charge in [-0.3, -0.25) is 9.69 Å². The molecule has 1 aromatic heterocycles. The average molecular weight is 291 g/mol. The van der Waals surface area contributed by atoms with Gasteiger partial charge in [0.2, 0.25) is 0 Å². The van der Waals surface area contributed by atoms with E-state index >= 15 is 0 Å². The van der Waals surface area contributed by atoms with Crippen LogP contribution < -0.4 is 10.6 Å². The second kappa shape index (κ2) is 6.87. The minimum absolute atomic E-state index is 0.0179. The van der Waals surface area contributed by atoms with E-state index in [2.05, 4.69) is 21.7 Å². The van der Waals surface area contributed by atoms with E-state index in [-0.39, 0.29) is 5.91 Å². The van der Waals surface area contributed by atoms with Crippen molar-refractivity contribution in [2.24, 2.45) is 5.73 Å². The predicted molar refractivity (Wildman–Crippen MR) is 84.6 cm³/mol. The molecule has 1 fully saturated rings. The minimum atomic E-state index is -0.0179. The molecule has 1 aliphatic heterocycles. The molecule has 2 rings (SSSR count). The summed E-state index contributed by atoms with van der Waals surface area (Å²) in [4.78, 5) is 22.5. The lowest BCUT2D eigenvalue weighted by Crippen LogP contribution is -2.51. The molecule has 2 N–H and O–H groups in total. The number of aromatic nitrogens is 1. The van der Waals surface area contributed by atoms with Crippen LogP contribution in [0.4, 0.5) is 5.82 Å². The zero-order valence-electron chi connectivity index (χ0n) is 13.1. The molecular weight excluding hydrogens is 266 g/mol. The minimum Gasteiger partial charge on any atom is -0.354 e. The predicted octanol–water partition coefficient (Wildman–Crippen LogP) is 0.253. The Morgan fingerprint density at radius 3 is 2.48 bits per heavy atom. The third-order valence-electron chi connectivity index (χ3n) is 4.00. The molecule has 1 amide bonds. The lowest BCUT2D eigenvalue weighted by molar-refractivity contribution is 0.0827. The summed E-state index contributed by atoms with van der Waals surface area (Å²) >= 11 is 0. The van der Waals surface area contributed by atoms with Gasteiger partial charge in [0.15, 0.2) is 0 Å². The van der Waals surface area contributed by atoms with Gasteiger partial charge in [0.1, 0.15) is 5.82 Å². The lowest BCUT2D eigenvalue weighted by atomic mass is 10.2. The van der Waals surface area contributed by atoms with Crippen molar-refractivity contribution < 1.29 is 4.79 Å². The Morgan fingerprint density at radius 2 is 2.00 bits per heavy atom. The highest BCUT2D eigenvalue weighted by atomic mass is 16.2. The molecule has 6 heteroatoms. The number of hydrogen-bond donors (Lipinski definition) is 1. The van der Waals surface area contributed by atoms with Crippen LogP contribution in [0.3, 0.4) is 0 Å². The highest BCUT2D eigenvalue weighted by Gasteiger charge is 2.21. The summed E-state index contributed by atoms with van der Waals surface area (Å²) in [6, 6.07) is 4.21. The smallest absolute Gasteiger partial charge is 0.254 e. The van der Waals surface area contributed by atoms with Gasteiger partial charge in [0.25, 0.3) is 5.91 Å². The molecule has 1 aromatic rings. The van der Waals surface area contributed by atoms with E-state index in [1.807, 2.05) is 12.1 Å². The molecule has 0 radical (unpaired) electrons. The third kappa shape index (κ3) is 3.71. The molecule has 21 heavy (non-hydrogen) atoms. The Hall–Kier alpha value is -1.66. The Bertz CT molecular complexity index is 465. The van der Waals surface area contributed by atoms with Crippen molar-refractivity contribution in [2.45, 2.75) is 13.0 Å². The zero-order chi connectivity index (χ0) is 15.4. The quantitative estimate of drug-likeness (QED) is 0.861. The first-order valence-electron chi connectivity index (χ1n) is 7.39. The first kappa shape index (κ1) is 15.7. The number of amides is 1. The zero-order valence-corrected chi connectivity index (χ0v) is 13.1. The van der Waals surface area contributed by atoms with Crippen LogP contribution in [0.15, 0.2) is 18.3 Å². The van der Waals surface area contributed by atoms with Crippen LogP contribution in [0.1, 0.15) is 17.3 Å². The van der Waals surface area contributed by atoms with Crippen LogP contribution in [0.25, 0.3) is 0 Å². The average Bonchev–Trinajstić information content (AvgIpc) is 2.53. The van der Waals surface area contributed by atoms with Crippen LogP contribution in [0, 0.1) is 0 Å². The van der Waals surface area contributed by atoms with Crippen molar-refractivity contribution in [3.8, 4) is 0 Å². The first-order chi connectivity index (χ1) is 10.0. The number of piperazine rings is 1. The van der Waals surface area contributed by atoms with Crippen LogP contribution >= 0.6 is 0 Å². The molecule has 116 valence electrons. The third-order valence-corrected chi connectivity index (χ3v) is 4.00. The topological polar surface area (TPSA) is 65.7 Å². The lowest BCUT2D eigenvalue weighted by Gasteiger charge is -2.38. The Morgan fingerprint density at radius 1 is 1.33 bits per heavy atom. The molecule has 6 nitrogen and oxygen atoms in total. The fraction of sp³-hybridized carbons (Fsp3) is 0.600. The van der Waals surface area contributed by atoms with E-state index in [1.165, 1.54) is 0 Å². The maximum Gasteiger partial charge on any atom is 0.254 e. The van der Waals surface area contributed by atoms with E-state index in [0.717, 1.165) is 32.0 Å². The van der Waals surface area contributed by atoms with Gasteiger partial charge in [-0.2, -0.15) is 0 Å². The van der Waals surface area contributed by atoms with Crippen molar-refractivity contribution in [1.29, 1.82) is 0 Å². The van der Waals surface area contributed by atoms with E-state index in [4.69, 9.17) is 5.73 Å². The second-order valence-electron chi connectivity index (χ2n) is 5.71. The largest absolute Gasteiger partial charge is 0.354 e. The summed E-state index contributed by atoms with van der Waals surface area (Å²) in [6.45, 7) is 6.74. The summed E-state index contributed by atoms with van der Waals surface area (Å²) in [7, 11) is 3.49. The second-order valence-corrected chi connectivity index (χ2v) is 5.71. The van der Waals surface area contributed by atoms with Gasteiger partial charge >= 0.3 is 0 Å². The van der Waals surface area contributed by atoms with Gasteiger partial charge in [-0.25, -0.2) is 4.98 Å². The van der Waals surface area contributed by atoms with E-state index in [0.29, 0.717) is 18.2 Å². The van der Waals surface area contributed by atoms with Gasteiger partial charge < -0.3 is 15.5 Å². The molecule has 0 saturated carbocycles. The van der Waals surface area contributed by atoms with Gasteiger partial charge in [-0.15, -0.1) is 0 Å². The molecule has 1 unspecified atom stereocenters. The van der Waals surface area contributed by atoms with E-state index in [9.17, 15) is 4.79 Å². The van der Waals surface area contributed by atoms with E-state index < -0.39 is 0 Å². The summed E-state index contributed by atoms with van der Waals surface area (Å²) in [5.74, 6) is 0.918. The number of nitrogens with zero attached hydrogens (tertiary/aromatic N) is 4. The van der Waals surface area contributed by atoms with Crippen LogP contribution in [0.5, 0.6) is 0 Å². The number of pyridine rings is 1. The fourth-order valence-corrected chi connectivity index (χ4v) is 2.50. The SMILES string of the molecule is CC(CN)N1CCN(c2ccc(C(=O)N(C)C)cn2)CC1. The molecule has 1 saturated heterocycles. The highest BCUT2D eigenvalue weighted by Crippen LogP contribution is 2.15. The van der Waals surface area contributed by atoms with Crippen molar-refractivity contribution >= 4 is 11.7 Å². The normalized spacial score (nSPS) is 17.6. The molecule has 1 aliphatic rings. The van der Waals surface area contributed by atoms with Crippen molar-refractivity contribution in [3.63, 3.8) is 0 Å². The Balaban J connectivity index is 1.96. The van der Waals surface area contributed by atoms with Crippen molar-refractivity contribution in [3.05, 3.63) is 23.9 Å². The van der Waals surface area contributed by atoms with Gasteiger partial charge in [-0.05, 0) is 19.1 Å². The summed E-state index contributed by atoms with van der Waals surface area (Å²) in [5.41, 5.74) is 6.34. The molecule has 0 bridgehead atoms. The Kier molecular flexibility index (Phi) is 5.14. The van der Waals surface area contributed by atoms with E-state index in [1.54, 1.807) is 25.2 Å². The van der Waals surface area contributed by atoms with Crippen LogP contribution in [0.2, 0.25) is 0 Å². The fourth-order valence-electron chi connectivity index (χ4n) is 2.50. The number of nitrogens with two attached hydrogens (primary N) is 1. The van der Waals surface area contributed by atoms with Crippen LogP contribution in [-0.2, 0) is 0 Å². The summed E-state index contributed by atoms with van der Waals surface area (Å²) in [6.07, 6.45) is 1.66.